The molecule has 0 aromatic heterocycles. The maximum atomic E-state index is 8.69. The highest BCUT2D eigenvalue weighted by Gasteiger charge is 1.98. The van der Waals surface area contributed by atoms with Crippen molar-refractivity contribution in [3.05, 3.63) is 0 Å². The Labute approximate surface area is 64.7 Å². The Bertz CT molecular complexity index is 60.9. The molecule has 0 heterocycles. The van der Waals surface area contributed by atoms with E-state index in [-0.39, 0.29) is 5.88 Å². The number of hydrogen-bond acceptors (Lipinski definition) is 2. The summed E-state index contributed by atoms with van der Waals surface area (Å²) in [5, 5.41) is 8.69. The number of rotatable bonds is 5. The molecule has 0 radical (unpaired) electrons. The first-order valence-electron chi connectivity index (χ1n) is 2.73. The first kappa shape index (κ1) is 9.50. The molecule has 0 fully saturated rings. The van der Waals surface area contributed by atoms with Crippen molar-refractivity contribution in [2.24, 2.45) is 0 Å². The van der Waals surface area contributed by atoms with Crippen LogP contribution < -0.4 is 0 Å². The molecule has 0 rings (SSSR count). The summed E-state index contributed by atoms with van der Waals surface area (Å²) in [4.78, 5) is 0. The van der Waals surface area contributed by atoms with Crippen LogP contribution in [-0.4, -0.2) is 29.8 Å². The normalized spacial score (nSPS) is 13.7. The Morgan fingerprint density at radius 3 is 2.56 bits per heavy atom. The van der Waals surface area contributed by atoms with Gasteiger partial charge in [0.15, 0.2) is 6.29 Å². The standard InChI is InChI=1S/C5H10Cl2O2/c6-2-1-3-9-5(8)4-7/h5,8H,1-4H2. The van der Waals surface area contributed by atoms with Gasteiger partial charge in [0.2, 0.25) is 0 Å². The predicted octanol–water partition coefficient (Wildman–Crippen LogP) is 1.19. The molecule has 0 aromatic rings. The fourth-order valence-corrected chi connectivity index (χ4v) is 0.517. The molecular formula is C5H10Cl2O2. The van der Waals surface area contributed by atoms with Crippen molar-refractivity contribution in [1.29, 1.82) is 0 Å². The van der Waals surface area contributed by atoms with Crippen LogP contribution in [0.2, 0.25) is 0 Å². The summed E-state index contributed by atoms with van der Waals surface area (Å²) in [7, 11) is 0. The van der Waals surface area contributed by atoms with Crippen LogP contribution >= 0.6 is 23.2 Å². The van der Waals surface area contributed by atoms with Crippen LogP contribution in [0.1, 0.15) is 6.42 Å². The quantitative estimate of drug-likeness (QED) is 0.384. The Kier molecular flexibility index (Phi) is 6.99. The van der Waals surface area contributed by atoms with Gasteiger partial charge in [0.25, 0.3) is 0 Å². The molecule has 0 saturated heterocycles. The summed E-state index contributed by atoms with van der Waals surface area (Å²) in [6, 6.07) is 0. The van der Waals surface area contributed by atoms with Crippen LogP contribution in [0.5, 0.6) is 0 Å². The Morgan fingerprint density at radius 1 is 1.44 bits per heavy atom. The van der Waals surface area contributed by atoms with E-state index < -0.39 is 6.29 Å². The molecule has 1 unspecified atom stereocenters. The molecule has 9 heavy (non-hydrogen) atoms. The minimum Gasteiger partial charge on any atom is -0.367 e. The maximum Gasteiger partial charge on any atom is 0.168 e. The molecule has 1 atom stereocenters. The third-order valence-electron chi connectivity index (χ3n) is 0.720. The number of halogens is 2. The molecule has 0 aromatic carbocycles. The summed E-state index contributed by atoms with van der Waals surface area (Å²) in [6.07, 6.45) is -0.0925. The number of alkyl halides is 2. The molecule has 0 saturated carbocycles. The van der Waals surface area contributed by atoms with E-state index in [2.05, 4.69) is 0 Å². The van der Waals surface area contributed by atoms with Crippen molar-refractivity contribution < 1.29 is 9.84 Å². The van der Waals surface area contributed by atoms with Gasteiger partial charge in [-0.05, 0) is 6.42 Å². The van der Waals surface area contributed by atoms with E-state index in [1.165, 1.54) is 0 Å². The van der Waals surface area contributed by atoms with Gasteiger partial charge in [0.05, 0.1) is 12.5 Å². The highest BCUT2D eigenvalue weighted by Crippen LogP contribution is 1.92. The fraction of sp³-hybridized carbons (Fsp3) is 1.00. The SMILES string of the molecule is OC(CCl)OCCCCl. The third-order valence-corrected chi connectivity index (χ3v) is 1.25. The van der Waals surface area contributed by atoms with Crippen LogP contribution in [0.25, 0.3) is 0 Å². The van der Waals surface area contributed by atoms with E-state index in [1.54, 1.807) is 0 Å². The molecule has 0 aliphatic carbocycles. The van der Waals surface area contributed by atoms with Crippen molar-refractivity contribution in [3.8, 4) is 0 Å². The summed E-state index contributed by atoms with van der Waals surface area (Å²) in [5.74, 6) is 0.664. The van der Waals surface area contributed by atoms with Crippen molar-refractivity contribution >= 4 is 23.2 Å². The lowest BCUT2D eigenvalue weighted by Crippen LogP contribution is -2.14. The molecule has 0 spiro atoms. The monoisotopic (exact) mass is 172 g/mol. The second kappa shape index (κ2) is 6.62. The fourth-order valence-electron chi connectivity index (χ4n) is 0.318. The highest BCUT2D eigenvalue weighted by atomic mass is 35.5. The molecule has 56 valence electrons. The third kappa shape index (κ3) is 6.38. The summed E-state index contributed by atoms with van der Waals surface area (Å²) < 4.78 is 4.77. The van der Waals surface area contributed by atoms with Crippen molar-refractivity contribution in [2.75, 3.05) is 18.4 Å². The van der Waals surface area contributed by atoms with Crippen LogP contribution in [-0.2, 0) is 4.74 Å². The van der Waals surface area contributed by atoms with Gasteiger partial charge in [-0.25, -0.2) is 0 Å². The van der Waals surface area contributed by atoms with Gasteiger partial charge in [-0.2, -0.15) is 0 Å². The molecule has 0 aliphatic heterocycles. The molecule has 0 amide bonds. The lowest BCUT2D eigenvalue weighted by atomic mass is 10.5. The van der Waals surface area contributed by atoms with Crippen molar-refractivity contribution in [1.82, 2.24) is 0 Å². The molecule has 0 aliphatic rings. The zero-order chi connectivity index (χ0) is 7.11. The van der Waals surface area contributed by atoms with E-state index >= 15 is 0 Å². The predicted molar refractivity (Wildman–Crippen MR) is 38.0 cm³/mol. The highest BCUT2D eigenvalue weighted by molar-refractivity contribution is 6.18. The number of aliphatic hydroxyl groups excluding tert-OH is 1. The van der Waals surface area contributed by atoms with Gasteiger partial charge in [0, 0.05) is 5.88 Å². The maximum absolute atomic E-state index is 8.69. The van der Waals surface area contributed by atoms with Crippen LogP contribution in [0, 0.1) is 0 Å². The van der Waals surface area contributed by atoms with E-state index in [9.17, 15) is 0 Å². The van der Waals surface area contributed by atoms with Gasteiger partial charge in [-0.1, -0.05) is 0 Å². The Morgan fingerprint density at radius 2 is 2.11 bits per heavy atom. The second-order valence-corrected chi connectivity index (χ2v) is 2.21. The number of ether oxygens (including phenoxy) is 1. The minimum atomic E-state index is -0.838. The van der Waals surface area contributed by atoms with Crippen molar-refractivity contribution in [3.63, 3.8) is 0 Å². The lowest BCUT2D eigenvalue weighted by molar-refractivity contribution is -0.0819. The second-order valence-electron chi connectivity index (χ2n) is 1.52. The van der Waals surface area contributed by atoms with Gasteiger partial charge in [-0.15, -0.1) is 23.2 Å². The van der Waals surface area contributed by atoms with E-state index in [0.29, 0.717) is 12.5 Å². The Hall–Kier alpha value is 0.500. The summed E-state index contributed by atoms with van der Waals surface area (Å²) in [6.45, 7) is 0.470. The Balaban J connectivity index is 2.88. The lowest BCUT2D eigenvalue weighted by Gasteiger charge is -2.06. The first-order chi connectivity index (χ1) is 4.31. The molecule has 1 N–H and O–H groups in total. The molecular weight excluding hydrogens is 163 g/mol. The number of aliphatic hydroxyl groups is 1. The zero-order valence-corrected chi connectivity index (χ0v) is 6.53. The van der Waals surface area contributed by atoms with E-state index in [0.717, 1.165) is 6.42 Å². The average molecular weight is 173 g/mol. The van der Waals surface area contributed by atoms with Gasteiger partial charge in [-0.3, -0.25) is 0 Å². The topological polar surface area (TPSA) is 29.5 Å². The van der Waals surface area contributed by atoms with Crippen LogP contribution in [0.3, 0.4) is 0 Å². The largest absolute Gasteiger partial charge is 0.367 e. The van der Waals surface area contributed by atoms with E-state index in [4.69, 9.17) is 33.0 Å². The number of hydrogen-bond donors (Lipinski definition) is 1. The minimum absolute atomic E-state index is 0.113. The average Bonchev–Trinajstić information content (AvgIpc) is 1.89. The van der Waals surface area contributed by atoms with Gasteiger partial charge < -0.3 is 9.84 Å². The van der Waals surface area contributed by atoms with E-state index in [1.807, 2.05) is 0 Å². The summed E-state index contributed by atoms with van der Waals surface area (Å²) >= 11 is 10.6. The summed E-state index contributed by atoms with van der Waals surface area (Å²) in [5.41, 5.74) is 0. The smallest absolute Gasteiger partial charge is 0.168 e. The zero-order valence-electron chi connectivity index (χ0n) is 5.02. The molecule has 2 nitrogen and oxygen atoms in total. The van der Waals surface area contributed by atoms with Crippen LogP contribution in [0.4, 0.5) is 0 Å². The van der Waals surface area contributed by atoms with Gasteiger partial charge >= 0.3 is 0 Å². The van der Waals surface area contributed by atoms with Crippen molar-refractivity contribution in [2.45, 2.75) is 12.7 Å². The first-order valence-corrected chi connectivity index (χ1v) is 3.79. The molecule has 0 bridgehead atoms. The van der Waals surface area contributed by atoms with Gasteiger partial charge in [0.1, 0.15) is 0 Å². The van der Waals surface area contributed by atoms with Crippen LogP contribution in [0.15, 0.2) is 0 Å². The molecule has 4 heteroatoms.